The minimum absolute atomic E-state index is 0.109. The number of carbonyl (C=O) groups is 2. The van der Waals surface area contributed by atoms with Gasteiger partial charge in [-0.25, -0.2) is 4.39 Å². The molecule has 0 aromatic heterocycles. The average molecular weight is 439 g/mol. The lowest BCUT2D eigenvalue weighted by atomic mass is 10.1. The SMILES string of the molecule is Cc1ccccc1CC(=O)N1CCN(CC(=O)N2CCN(c3ccccc3F)CC2)CC1. The second-order valence-corrected chi connectivity index (χ2v) is 8.58. The van der Waals surface area contributed by atoms with Gasteiger partial charge in [-0.1, -0.05) is 36.4 Å². The van der Waals surface area contributed by atoms with E-state index >= 15 is 0 Å². The van der Waals surface area contributed by atoms with Crippen LogP contribution in [0.25, 0.3) is 0 Å². The smallest absolute Gasteiger partial charge is 0.236 e. The van der Waals surface area contributed by atoms with Crippen LogP contribution in [0.15, 0.2) is 48.5 Å². The topological polar surface area (TPSA) is 47.1 Å². The number of rotatable bonds is 5. The van der Waals surface area contributed by atoms with Crippen LogP contribution in [0.1, 0.15) is 11.1 Å². The summed E-state index contributed by atoms with van der Waals surface area (Å²) < 4.78 is 14.0. The van der Waals surface area contributed by atoms with E-state index in [0.29, 0.717) is 71.0 Å². The molecule has 170 valence electrons. The van der Waals surface area contributed by atoms with Crippen molar-refractivity contribution in [3.8, 4) is 0 Å². The number of hydrogen-bond acceptors (Lipinski definition) is 4. The summed E-state index contributed by atoms with van der Waals surface area (Å²) in [5, 5.41) is 0. The van der Waals surface area contributed by atoms with Gasteiger partial charge in [0.15, 0.2) is 0 Å². The van der Waals surface area contributed by atoms with Crippen molar-refractivity contribution >= 4 is 17.5 Å². The predicted molar refractivity (Wildman–Crippen MR) is 123 cm³/mol. The molecule has 6 nitrogen and oxygen atoms in total. The Morgan fingerprint density at radius 2 is 1.38 bits per heavy atom. The summed E-state index contributed by atoms with van der Waals surface area (Å²) in [6.45, 7) is 7.59. The van der Waals surface area contributed by atoms with Gasteiger partial charge in [-0.15, -0.1) is 0 Å². The average Bonchev–Trinajstić information content (AvgIpc) is 2.81. The summed E-state index contributed by atoms with van der Waals surface area (Å²) in [4.78, 5) is 33.3. The molecule has 0 aliphatic carbocycles. The van der Waals surface area contributed by atoms with Crippen molar-refractivity contribution in [2.24, 2.45) is 0 Å². The predicted octanol–water partition coefficient (Wildman–Crippen LogP) is 2.17. The quantitative estimate of drug-likeness (QED) is 0.718. The Balaban J connectivity index is 1.21. The van der Waals surface area contributed by atoms with E-state index in [9.17, 15) is 14.0 Å². The molecule has 0 saturated carbocycles. The van der Waals surface area contributed by atoms with Crippen molar-refractivity contribution in [1.82, 2.24) is 14.7 Å². The Hall–Kier alpha value is -2.93. The second-order valence-electron chi connectivity index (χ2n) is 8.58. The van der Waals surface area contributed by atoms with Crippen LogP contribution in [0.5, 0.6) is 0 Å². The van der Waals surface area contributed by atoms with Gasteiger partial charge in [-0.2, -0.15) is 0 Å². The van der Waals surface area contributed by atoms with Crippen molar-refractivity contribution in [3.05, 3.63) is 65.5 Å². The standard InChI is InChI=1S/C25H31FN4O2/c1-20-6-2-3-7-21(20)18-24(31)29-12-10-27(11-13-29)19-25(32)30-16-14-28(15-17-30)23-9-5-4-8-22(23)26/h2-9H,10-19H2,1H3. The number of piperazine rings is 2. The number of hydrogen-bond donors (Lipinski definition) is 0. The van der Waals surface area contributed by atoms with Gasteiger partial charge in [0.25, 0.3) is 0 Å². The molecule has 2 fully saturated rings. The Labute approximate surface area is 189 Å². The molecule has 2 amide bonds. The van der Waals surface area contributed by atoms with Crippen LogP contribution in [0, 0.1) is 12.7 Å². The molecule has 2 aromatic rings. The maximum Gasteiger partial charge on any atom is 0.236 e. The van der Waals surface area contributed by atoms with E-state index in [1.54, 1.807) is 12.1 Å². The van der Waals surface area contributed by atoms with Crippen LogP contribution in [-0.2, 0) is 16.0 Å². The van der Waals surface area contributed by atoms with Crippen LogP contribution in [0.2, 0.25) is 0 Å². The molecule has 2 saturated heterocycles. The number of amides is 2. The summed E-state index contributed by atoms with van der Waals surface area (Å²) >= 11 is 0. The fraction of sp³-hybridized carbons (Fsp3) is 0.440. The number of carbonyl (C=O) groups excluding carboxylic acids is 2. The fourth-order valence-corrected chi connectivity index (χ4v) is 4.43. The Bertz CT molecular complexity index is 950. The van der Waals surface area contributed by atoms with Gasteiger partial charge in [-0.3, -0.25) is 14.5 Å². The molecule has 0 spiro atoms. The van der Waals surface area contributed by atoms with E-state index in [-0.39, 0.29) is 17.6 Å². The summed E-state index contributed by atoms with van der Waals surface area (Å²) in [6.07, 6.45) is 0.428. The zero-order valence-corrected chi connectivity index (χ0v) is 18.7. The molecule has 2 aliphatic rings. The zero-order chi connectivity index (χ0) is 22.5. The Kier molecular flexibility index (Phi) is 7.05. The molecule has 0 N–H and O–H groups in total. The number of anilines is 1. The van der Waals surface area contributed by atoms with E-state index < -0.39 is 0 Å². The van der Waals surface area contributed by atoms with Crippen molar-refractivity contribution in [2.75, 3.05) is 63.8 Å². The van der Waals surface area contributed by atoms with Gasteiger partial charge >= 0.3 is 0 Å². The van der Waals surface area contributed by atoms with Crippen LogP contribution in [0.3, 0.4) is 0 Å². The first-order chi connectivity index (χ1) is 15.5. The molecule has 0 unspecified atom stereocenters. The van der Waals surface area contributed by atoms with Gasteiger partial charge in [0, 0.05) is 52.4 Å². The highest BCUT2D eigenvalue weighted by atomic mass is 19.1. The molecular formula is C25H31FN4O2. The first kappa shape index (κ1) is 22.3. The summed E-state index contributed by atoms with van der Waals surface area (Å²) in [7, 11) is 0. The normalized spacial score (nSPS) is 17.5. The Morgan fingerprint density at radius 1 is 0.781 bits per heavy atom. The first-order valence-electron chi connectivity index (χ1n) is 11.3. The number of halogens is 1. The fourth-order valence-electron chi connectivity index (χ4n) is 4.43. The molecule has 0 atom stereocenters. The second kappa shape index (κ2) is 10.1. The van der Waals surface area contributed by atoms with E-state index in [1.165, 1.54) is 6.07 Å². The largest absolute Gasteiger partial charge is 0.366 e. The summed E-state index contributed by atoms with van der Waals surface area (Å²) in [5.74, 6) is 0.0366. The molecule has 2 heterocycles. The summed E-state index contributed by atoms with van der Waals surface area (Å²) in [6, 6.07) is 14.8. The molecule has 0 radical (unpaired) electrons. The highest BCUT2D eigenvalue weighted by molar-refractivity contribution is 5.80. The van der Waals surface area contributed by atoms with Crippen LogP contribution >= 0.6 is 0 Å². The maximum absolute atomic E-state index is 14.0. The van der Waals surface area contributed by atoms with Gasteiger partial charge in [0.2, 0.25) is 11.8 Å². The Morgan fingerprint density at radius 3 is 2.06 bits per heavy atom. The number of para-hydroxylation sites is 1. The minimum Gasteiger partial charge on any atom is -0.366 e. The molecule has 2 aromatic carbocycles. The highest BCUT2D eigenvalue weighted by Crippen LogP contribution is 2.20. The lowest BCUT2D eigenvalue weighted by Gasteiger charge is -2.38. The van der Waals surface area contributed by atoms with E-state index in [0.717, 1.165) is 11.1 Å². The van der Waals surface area contributed by atoms with Gasteiger partial charge in [0.1, 0.15) is 5.82 Å². The van der Waals surface area contributed by atoms with E-state index in [1.807, 2.05) is 52.0 Å². The van der Waals surface area contributed by atoms with E-state index in [4.69, 9.17) is 0 Å². The zero-order valence-electron chi connectivity index (χ0n) is 18.7. The minimum atomic E-state index is -0.220. The molecule has 4 rings (SSSR count). The molecule has 32 heavy (non-hydrogen) atoms. The van der Waals surface area contributed by atoms with Crippen LogP contribution in [-0.4, -0.2) is 85.4 Å². The molecule has 7 heteroatoms. The van der Waals surface area contributed by atoms with Gasteiger partial charge in [0.05, 0.1) is 18.7 Å². The lowest BCUT2D eigenvalue weighted by Crippen LogP contribution is -2.54. The lowest BCUT2D eigenvalue weighted by molar-refractivity contribution is -0.135. The maximum atomic E-state index is 14.0. The van der Waals surface area contributed by atoms with Gasteiger partial charge < -0.3 is 14.7 Å². The van der Waals surface area contributed by atoms with Crippen molar-refractivity contribution < 1.29 is 14.0 Å². The molecule has 2 aliphatic heterocycles. The van der Waals surface area contributed by atoms with Gasteiger partial charge in [-0.05, 0) is 30.2 Å². The molecular weight excluding hydrogens is 407 g/mol. The molecule has 0 bridgehead atoms. The first-order valence-corrected chi connectivity index (χ1v) is 11.3. The number of nitrogens with zero attached hydrogens (tertiary/aromatic N) is 4. The van der Waals surface area contributed by atoms with Crippen molar-refractivity contribution in [2.45, 2.75) is 13.3 Å². The van der Waals surface area contributed by atoms with Crippen LogP contribution in [0.4, 0.5) is 10.1 Å². The number of aryl methyl sites for hydroxylation is 1. The highest BCUT2D eigenvalue weighted by Gasteiger charge is 2.27. The monoisotopic (exact) mass is 438 g/mol. The van der Waals surface area contributed by atoms with Crippen molar-refractivity contribution in [1.29, 1.82) is 0 Å². The third-order valence-corrected chi connectivity index (χ3v) is 6.51. The van der Waals surface area contributed by atoms with Crippen LogP contribution < -0.4 is 4.90 Å². The summed E-state index contributed by atoms with van der Waals surface area (Å²) in [5.41, 5.74) is 2.82. The number of benzene rings is 2. The van der Waals surface area contributed by atoms with Crippen molar-refractivity contribution in [3.63, 3.8) is 0 Å². The third-order valence-electron chi connectivity index (χ3n) is 6.51. The third kappa shape index (κ3) is 5.27. The van der Waals surface area contributed by atoms with E-state index in [2.05, 4.69) is 4.90 Å².